The summed E-state index contributed by atoms with van der Waals surface area (Å²) in [6.07, 6.45) is 0.689. The smallest absolute Gasteiger partial charge is 0.263 e. The summed E-state index contributed by atoms with van der Waals surface area (Å²) in [6.45, 7) is 5.71. The summed E-state index contributed by atoms with van der Waals surface area (Å²) >= 11 is 1.20. The van der Waals surface area contributed by atoms with Crippen LogP contribution in [0.4, 0.5) is 10.8 Å². The van der Waals surface area contributed by atoms with Crippen molar-refractivity contribution in [1.29, 1.82) is 0 Å². The Morgan fingerprint density at radius 1 is 1.07 bits per heavy atom. The molecule has 146 valence electrons. The SMILES string of the molecule is CCc1nnc(NS(=O)(=O)c2ccc(NC(=O)c3cc(C)ccc3C)cc2)s1. The number of aromatic nitrogens is 2. The van der Waals surface area contributed by atoms with Gasteiger partial charge in [-0.15, -0.1) is 10.2 Å². The molecule has 0 atom stereocenters. The molecule has 0 saturated heterocycles. The quantitative estimate of drug-likeness (QED) is 0.637. The Morgan fingerprint density at radius 2 is 1.79 bits per heavy atom. The minimum Gasteiger partial charge on any atom is -0.322 e. The van der Waals surface area contributed by atoms with E-state index in [-0.39, 0.29) is 15.9 Å². The lowest BCUT2D eigenvalue weighted by atomic mass is 10.1. The van der Waals surface area contributed by atoms with Crippen molar-refractivity contribution in [2.75, 3.05) is 10.0 Å². The monoisotopic (exact) mass is 416 g/mol. The van der Waals surface area contributed by atoms with Crippen LogP contribution in [0.3, 0.4) is 0 Å². The molecule has 0 aliphatic heterocycles. The van der Waals surface area contributed by atoms with Crippen molar-refractivity contribution in [3.05, 3.63) is 64.2 Å². The fourth-order valence-corrected chi connectivity index (χ4v) is 4.42. The number of hydrogen-bond donors (Lipinski definition) is 2. The molecule has 0 aliphatic rings. The number of aryl methyl sites for hydroxylation is 3. The number of nitrogens with one attached hydrogen (secondary N) is 2. The van der Waals surface area contributed by atoms with Gasteiger partial charge in [0.25, 0.3) is 15.9 Å². The summed E-state index contributed by atoms with van der Waals surface area (Å²) in [5.74, 6) is -0.240. The Bertz CT molecular complexity index is 1110. The Kier molecular flexibility index (Phi) is 5.76. The highest BCUT2D eigenvalue weighted by atomic mass is 32.2. The molecule has 3 aromatic rings. The minimum absolute atomic E-state index is 0.0745. The molecular formula is C19H20N4O3S2. The summed E-state index contributed by atoms with van der Waals surface area (Å²) in [6, 6.07) is 11.6. The number of rotatable bonds is 6. The van der Waals surface area contributed by atoms with E-state index in [1.165, 1.54) is 23.5 Å². The zero-order chi connectivity index (χ0) is 20.3. The first-order valence-corrected chi connectivity index (χ1v) is 10.9. The maximum atomic E-state index is 12.5. The van der Waals surface area contributed by atoms with E-state index >= 15 is 0 Å². The molecule has 1 heterocycles. The third kappa shape index (κ3) is 4.55. The predicted octanol–water partition coefficient (Wildman–Crippen LogP) is 3.77. The molecule has 0 saturated carbocycles. The van der Waals surface area contributed by atoms with Crippen LogP contribution in [0.2, 0.25) is 0 Å². The van der Waals surface area contributed by atoms with Crippen LogP contribution in [0.5, 0.6) is 0 Å². The first-order chi connectivity index (χ1) is 13.3. The Hall–Kier alpha value is -2.78. The van der Waals surface area contributed by atoms with Crippen molar-refractivity contribution in [3.8, 4) is 0 Å². The van der Waals surface area contributed by atoms with Crippen molar-refractivity contribution in [1.82, 2.24) is 10.2 Å². The molecule has 9 heteroatoms. The third-order valence-corrected chi connectivity index (χ3v) is 6.52. The molecular weight excluding hydrogens is 396 g/mol. The number of benzene rings is 2. The van der Waals surface area contributed by atoms with Gasteiger partial charge in [-0.2, -0.15) is 0 Å². The van der Waals surface area contributed by atoms with E-state index in [4.69, 9.17) is 0 Å². The summed E-state index contributed by atoms with van der Waals surface area (Å²) in [5.41, 5.74) is 2.96. The zero-order valence-electron chi connectivity index (χ0n) is 15.7. The summed E-state index contributed by atoms with van der Waals surface area (Å²) in [4.78, 5) is 12.6. The van der Waals surface area contributed by atoms with Crippen molar-refractivity contribution in [2.45, 2.75) is 32.1 Å². The maximum absolute atomic E-state index is 12.5. The van der Waals surface area contributed by atoms with E-state index in [2.05, 4.69) is 20.2 Å². The van der Waals surface area contributed by atoms with Crippen LogP contribution in [-0.4, -0.2) is 24.5 Å². The van der Waals surface area contributed by atoms with Gasteiger partial charge in [-0.3, -0.25) is 9.52 Å². The van der Waals surface area contributed by atoms with Gasteiger partial charge < -0.3 is 5.32 Å². The van der Waals surface area contributed by atoms with E-state index in [1.54, 1.807) is 12.1 Å². The maximum Gasteiger partial charge on any atom is 0.263 e. The second kappa shape index (κ2) is 8.07. The molecule has 3 rings (SSSR count). The van der Waals surface area contributed by atoms with Crippen LogP contribution in [0.25, 0.3) is 0 Å². The highest BCUT2D eigenvalue weighted by molar-refractivity contribution is 7.93. The Balaban J connectivity index is 1.73. The molecule has 28 heavy (non-hydrogen) atoms. The van der Waals surface area contributed by atoms with Crippen molar-refractivity contribution >= 4 is 38.1 Å². The van der Waals surface area contributed by atoms with Crippen LogP contribution in [0, 0.1) is 13.8 Å². The number of hydrogen-bond acceptors (Lipinski definition) is 6. The fourth-order valence-electron chi connectivity index (χ4n) is 2.51. The molecule has 2 aromatic carbocycles. The molecule has 1 amide bonds. The molecule has 7 nitrogen and oxygen atoms in total. The molecule has 0 fully saturated rings. The van der Waals surface area contributed by atoms with Gasteiger partial charge in [-0.05, 0) is 56.2 Å². The number of amides is 1. The van der Waals surface area contributed by atoms with E-state index in [1.807, 2.05) is 39.0 Å². The van der Waals surface area contributed by atoms with Gasteiger partial charge in [0.2, 0.25) is 5.13 Å². The standard InChI is InChI=1S/C19H20N4O3S2/c1-4-17-21-22-19(27-17)23-28(25,26)15-9-7-14(8-10-15)20-18(24)16-11-12(2)5-6-13(16)3/h5-11H,4H2,1-3H3,(H,20,24)(H,22,23). The minimum atomic E-state index is -3.77. The number of carbonyl (C=O) groups is 1. The van der Waals surface area contributed by atoms with Crippen LogP contribution in [-0.2, 0) is 16.4 Å². The Morgan fingerprint density at radius 3 is 2.43 bits per heavy atom. The van der Waals surface area contributed by atoms with Crippen LogP contribution in [0.1, 0.15) is 33.4 Å². The normalized spacial score (nSPS) is 11.2. The van der Waals surface area contributed by atoms with Gasteiger partial charge >= 0.3 is 0 Å². The molecule has 1 aromatic heterocycles. The van der Waals surface area contributed by atoms with Crippen LogP contribution >= 0.6 is 11.3 Å². The van der Waals surface area contributed by atoms with E-state index in [9.17, 15) is 13.2 Å². The third-order valence-electron chi connectivity index (χ3n) is 4.05. The highest BCUT2D eigenvalue weighted by Crippen LogP contribution is 2.22. The fraction of sp³-hybridized carbons (Fsp3) is 0.211. The van der Waals surface area contributed by atoms with Crippen molar-refractivity contribution in [2.24, 2.45) is 0 Å². The lowest BCUT2D eigenvalue weighted by molar-refractivity contribution is 0.102. The number of sulfonamides is 1. The first kappa shape index (κ1) is 20.0. The predicted molar refractivity (Wildman–Crippen MR) is 110 cm³/mol. The first-order valence-electron chi connectivity index (χ1n) is 8.62. The average molecular weight is 417 g/mol. The lowest BCUT2D eigenvalue weighted by Crippen LogP contribution is -2.15. The number of carbonyl (C=O) groups excluding carboxylic acids is 1. The highest BCUT2D eigenvalue weighted by Gasteiger charge is 2.17. The van der Waals surface area contributed by atoms with E-state index < -0.39 is 10.0 Å². The van der Waals surface area contributed by atoms with Gasteiger partial charge in [-0.1, -0.05) is 36.0 Å². The second-order valence-electron chi connectivity index (χ2n) is 6.26. The van der Waals surface area contributed by atoms with Gasteiger partial charge in [0, 0.05) is 11.3 Å². The van der Waals surface area contributed by atoms with E-state index in [0.29, 0.717) is 17.7 Å². The molecule has 0 unspecified atom stereocenters. The average Bonchev–Trinajstić information content (AvgIpc) is 3.11. The second-order valence-corrected chi connectivity index (χ2v) is 9.00. The Labute approximate surface area is 167 Å². The van der Waals surface area contributed by atoms with Crippen LogP contribution < -0.4 is 10.0 Å². The zero-order valence-corrected chi connectivity index (χ0v) is 17.3. The summed E-state index contributed by atoms with van der Waals surface area (Å²) in [7, 11) is -3.77. The van der Waals surface area contributed by atoms with E-state index in [0.717, 1.165) is 16.1 Å². The van der Waals surface area contributed by atoms with Gasteiger partial charge in [-0.25, -0.2) is 8.42 Å². The molecule has 0 aliphatic carbocycles. The molecule has 0 spiro atoms. The van der Waals surface area contributed by atoms with Crippen molar-refractivity contribution < 1.29 is 13.2 Å². The largest absolute Gasteiger partial charge is 0.322 e. The lowest BCUT2D eigenvalue weighted by Gasteiger charge is -2.10. The number of anilines is 2. The van der Waals surface area contributed by atoms with Crippen molar-refractivity contribution in [3.63, 3.8) is 0 Å². The van der Waals surface area contributed by atoms with Gasteiger partial charge in [0.05, 0.1) is 4.90 Å². The molecule has 0 radical (unpaired) electrons. The molecule has 2 N–H and O–H groups in total. The number of nitrogens with zero attached hydrogens (tertiary/aromatic N) is 2. The van der Waals surface area contributed by atoms with Crippen LogP contribution in [0.15, 0.2) is 47.4 Å². The topological polar surface area (TPSA) is 101 Å². The molecule has 0 bridgehead atoms. The summed E-state index contributed by atoms with van der Waals surface area (Å²) < 4.78 is 27.4. The van der Waals surface area contributed by atoms with Gasteiger partial charge in [0.1, 0.15) is 5.01 Å². The summed E-state index contributed by atoms with van der Waals surface area (Å²) in [5, 5.41) is 11.5. The van der Waals surface area contributed by atoms with Gasteiger partial charge in [0.15, 0.2) is 0 Å².